The summed E-state index contributed by atoms with van der Waals surface area (Å²) in [7, 11) is -3.55. The number of H-pyrrole nitrogens is 1. The summed E-state index contributed by atoms with van der Waals surface area (Å²) in [6.07, 6.45) is 1.67. The monoisotopic (exact) mass is 441 g/mol. The average molecular weight is 442 g/mol. The van der Waals surface area contributed by atoms with Gasteiger partial charge in [-0.2, -0.15) is 4.31 Å². The molecule has 0 bridgehead atoms. The second-order valence-corrected chi connectivity index (χ2v) is 8.82. The molecular formula is C16H16BrN3O3S2. The second kappa shape index (κ2) is 7.36. The molecule has 0 aliphatic carbocycles. The lowest BCUT2D eigenvalue weighted by molar-refractivity contribution is 0.0697. The van der Waals surface area contributed by atoms with Gasteiger partial charge in [-0.25, -0.2) is 8.42 Å². The van der Waals surface area contributed by atoms with E-state index in [1.807, 2.05) is 0 Å². The van der Waals surface area contributed by atoms with Crippen LogP contribution in [0.1, 0.15) is 10.4 Å². The van der Waals surface area contributed by atoms with Crippen LogP contribution < -0.4 is 0 Å². The number of sulfonamides is 1. The number of hydrogen-bond donors (Lipinski definition) is 1. The zero-order chi connectivity index (χ0) is 18.0. The van der Waals surface area contributed by atoms with Crippen molar-refractivity contribution >= 4 is 44.1 Å². The number of hydrogen-bond acceptors (Lipinski definition) is 4. The van der Waals surface area contributed by atoms with Crippen LogP contribution in [0.5, 0.6) is 0 Å². The lowest BCUT2D eigenvalue weighted by atomic mass is 10.2. The fraction of sp³-hybridized carbons (Fsp3) is 0.250. The molecule has 1 aromatic carbocycles. The van der Waals surface area contributed by atoms with Crippen LogP contribution >= 0.6 is 28.1 Å². The van der Waals surface area contributed by atoms with E-state index in [9.17, 15) is 13.2 Å². The van der Waals surface area contributed by atoms with Crippen LogP contribution in [0.3, 0.4) is 0 Å². The standard InChI is InChI=1S/C16H16BrN3O3S2/c17-12-3-5-13(6-4-12)25(22,23)20-10-8-19(9-11-20)16(21)14-2-1-7-18-15(14)24/h1-7H,8-11H2,(H,18,24). The van der Waals surface area contributed by atoms with Gasteiger partial charge < -0.3 is 9.88 Å². The van der Waals surface area contributed by atoms with Gasteiger partial charge in [-0.1, -0.05) is 28.1 Å². The maximum atomic E-state index is 12.7. The van der Waals surface area contributed by atoms with Crippen molar-refractivity contribution in [1.29, 1.82) is 0 Å². The Morgan fingerprint density at radius 3 is 2.32 bits per heavy atom. The van der Waals surface area contributed by atoms with Gasteiger partial charge in [0.25, 0.3) is 5.91 Å². The third kappa shape index (κ3) is 3.84. The third-order valence-electron chi connectivity index (χ3n) is 4.03. The van der Waals surface area contributed by atoms with Crippen molar-refractivity contribution in [3.8, 4) is 0 Å². The first-order chi connectivity index (χ1) is 11.9. The molecule has 3 rings (SSSR count). The van der Waals surface area contributed by atoms with Crippen LogP contribution in [0.15, 0.2) is 52.0 Å². The van der Waals surface area contributed by atoms with E-state index in [1.165, 1.54) is 4.31 Å². The van der Waals surface area contributed by atoms with Crippen LogP contribution in [0.25, 0.3) is 0 Å². The summed E-state index contributed by atoms with van der Waals surface area (Å²) < 4.78 is 28.0. The summed E-state index contributed by atoms with van der Waals surface area (Å²) in [4.78, 5) is 17.3. The molecule has 1 aliphatic heterocycles. The van der Waals surface area contributed by atoms with Crippen LogP contribution in [0.2, 0.25) is 0 Å². The molecular weight excluding hydrogens is 426 g/mol. The van der Waals surface area contributed by atoms with Gasteiger partial charge in [0.1, 0.15) is 4.64 Å². The summed E-state index contributed by atoms with van der Waals surface area (Å²) in [5.74, 6) is -0.178. The number of halogens is 1. The zero-order valence-corrected chi connectivity index (χ0v) is 16.4. The fourth-order valence-electron chi connectivity index (χ4n) is 2.65. The lowest BCUT2D eigenvalue weighted by Gasteiger charge is -2.34. The van der Waals surface area contributed by atoms with Gasteiger partial charge in [0.2, 0.25) is 10.0 Å². The molecule has 0 saturated carbocycles. The van der Waals surface area contributed by atoms with Crippen LogP contribution in [0.4, 0.5) is 0 Å². The molecule has 6 nitrogen and oxygen atoms in total. The molecule has 1 aromatic heterocycles. The number of rotatable bonds is 3. The van der Waals surface area contributed by atoms with Gasteiger partial charge >= 0.3 is 0 Å². The Morgan fingerprint density at radius 2 is 1.72 bits per heavy atom. The lowest BCUT2D eigenvalue weighted by Crippen LogP contribution is -2.50. The van der Waals surface area contributed by atoms with Crippen molar-refractivity contribution in [3.63, 3.8) is 0 Å². The molecule has 1 fully saturated rings. The van der Waals surface area contributed by atoms with Crippen LogP contribution in [0, 0.1) is 4.64 Å². The highest BCUT2D eigenvalue weighted by Crippen LogP contribution is 2.20. The molecule has 1 amide bonds. The molecule has 132 valence electrons. The molecule has 0 unspecified atom stereocenters. The zero-order valence-electron chi connectivity index (χ0n) is 13.2. The normalized spacial score (nSPS) is 16.0. The van der Waals surface area contributed by atoms with Crippen molar-refractivity contribution in [2.45, 2.75) is 4.90 Å². The molecule has 9 heteroatoms. The van der Waals surface area contributed by atoms with Crippen molar-refractivity contribution in [2.24, 2.45) is 0 Å². The number of aromatic amines is 1. The largest absolute Gasteiger partial charge is 0.352 e. The Labute approximate surface area is 159 Å². The number of pyridine rings is 1. The maximum Gasteiger partial charge on any atom is 0.256 e. The second-order valence-electron chi connectivity index (χ2n) is 5.56. The van der Waals surface area contributed by atoms with Crippen molar-refractivity contribution < 1.29 is 13.2 Å². The SMILES string of the molecule is O=C(c1ccc[nH]c1=S)N1CCN(S(=O)(=O)c2ccc(Br)cc2)CC1. The van der Waals surface area contributed by atoms with Gasteiger partial charge in [0.15, 0.2) is 0 Å². The number of piperazine rings is 1. The molecule has 2 heterocycles. The van der Waals surface area contributed by atoms with E-state index in [-0.39, 0.29) is 23.9 Å². The first kappa shape index (κ1) is 18.2. The van der Waals surface area contributed by atoms with E-state index in [0.29, 0.717) is 23.3 Å². The Balaban J connectivity index is 1.71. The highest BCUT2D eigenvalue weighted by Gasteiger charge is 2.30. The minimum atomic E-state index is -3.55. The Bertz CT molecular complexity index is 934. The molecule has 0 atom stereocenters. The molecule has 1 saturated heterocycles. The van der Waals surface area contributed by atoms with Gasteiger partial charge in [0, 0.05) is 36.8 Å². The van der Waals surface area contributed by atoms with E-state index in [0.717, 1.165) is 4.47 Å². The number of nitrogens with one attached hydrogen (secondary N) is 1. The molecule has 2 aromatic rings. The summed E-state index contributed by atoms with van der Waals surface area (Å²) >= 11 is 8.44. The highest BCUT2D eigenvalue weighted by molar-refractivity contribution is 9.10. The van der Waals surface area contributed by atoms with E-state index in [1.54, 1.807) is 47.5 Å². The Hall–Kier alpha value is -1.55. The number of carbonyl (C=O) groups is 1. The number of nitrogens with zero attached hydrogens (tertiary/aromatic N) is 2. The first-order valence-electron chi connectivity index (χ1n) is 7.62. The van der Waals surface area contributed by atoms with E-state index >= 15 is 0 Å². The minimum absolute atomic E-state index is 0.178. The predicted molar refractivity (Wildman–Crippen MR) is 100 cm³/mol. The molecule has 0 spiro atoms. The third-order valence-corrected chi connectivity index (χ3v) is 6.81. The summed E-state index contributed by atoms with van der Waals surface area (Å²) in [5.41, 5.74) is 0.432. The molecule has 0 radical (unpaired) electrons. The smallest absolute Gasteiger partial charge is 0.256 e. The first-order valence-corrected chi connectivity index (χ1v) is 10.3. The number of carbonyl (C=O) groups excluding carboxylic acids is 1. The van der Waals surface area contributed by atoms with Gasteiger partial charge in [-0.3, -0.25) is 4.79 Å². The summed E-state index contributed by atoms with van der Waals surface area (Å²) in [5, 5.41) is 0. The van der Waals surface area contributed by atoms with Crippen molar-refractivity contribution in [1.82, 2.24) is 14.2 Å². The predicted octanol–water partition coefficient (Wildman–Crippen LogP) is 2.65. The number of aromatic nitrogens is 1. The van der Waals surface area contributed by atoms with Crippen LogP contribution in [-0.2, 0) is 10.0 Å². The average Bonchev–Trinajstić information content (AvgIpc) is 2.62. The topological polar surface area (TPSA) is 73.5 Å². The van der Waals surface area contributed by atoms with E-state index < -0.39 is 10.0 Å². The molecule has 1 aliphatic rings. The van der Waals surface area contributed by atoms with Crippen molar-refractivity contribution in [3.05, 3.63) is 57.3 Å². The quantitative estimate of drug-likeness (QED) is 0.742. The summed E-state index contributed by atoms with van der Waals surface area (Å²) in [6, 6.07) is 9.93. The summed E-state index contributed by atoms with van der Waals surface area (Å²) in [6.45, 7) is 1.18. The maximum absolute atomic E-state index is 12.7. The van der Waals surface area contributed by atoms with Crippen LogP contribution in [-0.4, -0.2) is 54.7 Å². The number of amides is 1. The molecule has 1 N–H and O–H groups in total. The fourth-order valence-corrected chi connectivity index (χ4v) is 4.56. The molecule has 25 heavy (non-hydrogen) atoms. The van der Waals surface area contributed by atoms with Gasteiger partial charge in [0.05, 0.1) is 10.5 Å². The van der Waals surface area contributed by atoms with E-state index in [2.05, 4.69) is 20.9 Å². The number of benzene rings is 1. The van der Waals surface area contributed by atoms with Gasteiger partial charge in [-0.05, 0) is 36.4 Å². The van der Waals surface area contributed by atoms with Crippen molar-refractivity contribution in [2.75, 3.05) is 26.2 Å². The Kier molecular flexibility index (Phi) is 5.38. The Morgan fingerprint density at radius 1 is 1.08 bits per heavy atom. The van der Waals surface area contributed by atoms with Gasteiger partial charge in [-0.15, -0.1) is 0 Å². The minimum Gasteiger partial charge on any atom is -0.352 e. The van der Waals surface area contributed by atoms with E-state index in [4.69, 9.17) is 12.2 Å². The highest BCUT2D eigenvalue weighted by atomic mass is 79.9.